The van der Waals surface area contributed by atoms with Gasteiger partial charge in [0.15, 0.2) is 9.84 Å². The third kappa shape index (κ3) is 1.58. The van der Waals surface area contributed by atoms with Crippen molar-refractivity contribution < 1.29 is 8.42 Å². The van der Waals surface area contributed by atoms with Crippen LogP contribution in [0.5, 0.6) is 0 Å². The number of hydrogen-bond donors (Lipinski definition) is 2. The lowest BCUT2D eigenvalue weighted by atomic mass is 10.0. The minimum absolute atomic E-state index is 0.187. The fourth-order valence-corrected chi connectivity index (χ4v) is 4.17. The number of fused-ring (bicyclic) bond motifs is 1. The molecule has 4 nitrogen and oxygen atoms in total. The average molecular weight is 240 g/mol. The highest BCUT2D eigenvalue weighted by Gasteiger charge is 2.35. The summed E-state index contributed by atoms with van der Waals surface area (Å²) < 4.78 is 23.1. The molecule has 0 unspecified atom stereocenters. The van der Waals surface area contributed by atoms with Gasteiger partial charge in [-0.05, 0) is 42.9 Å². The van der Waals surface area contributed by atoms with Crippen molar-refractivity contribution in [3.05, 3.63) is 22.5 Å². The molecule has 16 heavy (non-hydrogen) atoms. The standard InChI is InChI=1S/C11H16N2O2S/c12-4-3-8-9-5-16(14,15)6-10(9)13-11(8)7-1-2-7/h7,13H,1-6,12H2. The van der Waals surface area contributed by atoms with Crippen LogP contribution in [0.1, 0.15) is 41.3 Å². The normalized spacial score (nSPS) is 22.3. The van der Waals surface area contributed by atoms with Gasteiger partial charge in [-0.25, -0.2) is 8.42 Å². The first kappa shape index (κ1) is 10.4. The van der Waals surface area contributed by atoms with Gasteiger partial charge in [0.2, 0.25) is 0 Å². The van der Waals surface area contributed by atoms with Crippen LogP contribution in [0.2, 0.25) is 0 Å². The van der Waals surface area contributed by atoms with Gasteiger partial charge in [-0.2, -0.15) is 0 Å². The topological polar surface area (TPSA) is 76.0 Å². The largest absolute Gasteiger partial charge is 0.361 e. The molecule has 5 heteroatoms. The fourth-order valence-electron chi connectivity index (χ4n) is 2.60. The van der Waals surface area contributed by atoms with Crippen LogP contribution in [0.25, 0.3) is 0 Å². The summed E-state index contributed by atoms with van der Waals surface area (Å²) in [7, 11) is -2.90. The van der Waals surface area contributed by atoms with Gasteiger partial charge < -0.3 is 10.7 Å². The molecular formula is C11H16N2O2S. The molecule has 0 spiro atoms. The number of H-pyrrole nitrogens is 1. The summed E-state index contributed by atoms with van der Waals surface area (Å²) in [4.78, 5) is 3.33. The molecular weight excluding hydrogens is 224 g/mol. The lowest BCUT2D eigenvalue weighted by Crippen LogP contribution is -2.07. The van der Waals surface area contributed by atoms with Gasteiger partial charge in [0.1, 0.15) is 0 Å². The molecule has 2 aliphatic rings. The highest BCUT2D eigenvalue weighted by molar-refractivity contribution is 7.90. The fraction of sp³-hybridized carbons (Fsp3) is 0.636. The Bertz CT molecular complexity index is 526. The number of hydrogen-bond acceptors (Lipinski definition) is 3. The molecule has 2 heterocycles. The van der Waals surface area contributed by atoms with E-state index in [1.165, 1.54) is 24.1 Å². The summed E-state index contributed by atoms with van der Waals surface area (Å²) in [6, 6.07) is 0. The Morgan fingerprint density at radius 2 is 2.06 bits per heavy atom. The first-order valence-corrected chi connectivity index (χ1v) is 7.56. The quantitative estimate of drug-likeness (QED) is 0.821. The lowest BCUT2D eigenvalue weighted by Gasteiger charge is -2.03. The van der Waals surface area contributed by atoms with Gasteiger partial charge in [-0.1, -0.05) is 0 Å². The Kier molecular flexibility index (Phi) is 2.16. The second-order valence-electron chi connectivity index (χ2n) is 4.82. The van der Waals surface area contributed by atoms with Crippen molar-refractivity contribution in [2.24, 2.45) is 5.73 Å². The van der Waals surface area contributed by atoms with Gasteiger partial charge in [-0.15, -0.1) is 0 Å². The SMILES string of the molecule is NCCc1c(C2CC2)[nH]c2c1CS(=O)(=O)C2. The summed E-state index contributed by atoms with van der Waals surface area (Å²) >= 11 is 0. The minimum atomic E-state index is -2.90. The number of aromatic nitrogens is 1. The van der Waals surface area contributed by atoms with Gasteiger partial charge in [0, 0.05) is 11.4 Å². The lowest BCUT2D eigenvalue weighted by molar-refractivity contribution is 0.597. The molecule has 0 amide bonds. The number of sulfone groups is 1. The van der Waals surface area contributed by atoms with Crippen molar-refractivity contribution in [2.75, 3.05) is 6.54 Å². The average Bonchev–Trinajstić information content (AvgIpc) is 2.92. The van der Waals surface area contributed by atoms with Crippen molar-refractivity contribution in [3.8, 4) is 0 Å². The van der Waals surface area contributed by atoms with E-state index in [1.54, 1.807) is 0 Å². The van der Waals surface area contributed by atoms with Crippen LogP contribution in [0.3, 0.4) is 0 Å². The molecule has 3 rings (SSSR count). The van der Waals surface area contributed by atoms with Crippen LogP contribution in [-0.4, -0.2) is 19.9 Å². The van der Waals surface area contributed by atoms with Crippen LogP contribution in [-0.2, 0) is 27.8 Å². The summed E-state index contributed by atoms with van der Waals surface area (Å²) in [6.45, 7) is 0.587. The predicted molar refractivity (Wildman–Crippen MR) is 61.9 cm³/mol. The maximum absolute atomic E-state index is 11.6. The Hall–Kier alpha value is -0.810. The Morgan fingerprint density at radius 1 is 1.31 bits per heavy atom. The smallest absolute Gasteiger partial charge is 0.160 e. The van der Waals surface area contributed by atoms with Crippen LogP contribution in [0.4, 0.5) is 0 Å². The molecule has 88 valence electrons. The monoisotopic (exact) mass is 240 g/mol. The molecule has 3 N–H and O–H groups in total. The molecule has 0 radical (unpaired) electrons. The molecule has 0 bridgehead atoms. The van der Waals surface area contributed by atoms with E-state index >= 15 is 0 Å². The van der Waals surface area contributed by atoms with E-state index in [0.717, 1.165) is 17.7 Å². The molecule has 0 aromatic carbocycles. The molecule has 1 fully saturated rings. The van der Waals surface area contributed by atoms with E-state index in [4.69, 9.17) is 5.73 Å². The molecule has 1 saturated carbocycles. The Morgan fingerprint density at radius 3 is 2.69 bits per heavy atom. The number of nitrogens with two attached hydrogens (primary N) is 1. The first-order chi connectivity index (χ1) is 7.61. The van der Waals surface area contributed by atoms with Crippen LogP contribution >= 0.6 is 0 Å². The minimum Gasteiger partial charge on any atom is -0.361 e. The summed E-state index contributed by atoms with van der Waals surface area (Å²) in [5.74, 6) is 1.03. The Balaban J connectivity index is 2.06. The first-order valence-electron chi connectivity index (χ1n) is 5.73. The van der Waals surface area contributed by atoms with Crippen LogP contribution < -0.4 is 5.73 Å². The molecule has 0 atom stereocenters. The molecule has 1 aliphatic heterocycles. The second kappa shape index (κ2) is 3.34. The van der Waals surface area contributed by atoms with Crippen molar-refractivity contribution in [1.82, 2.24) is 4.98 Å². The van der Waals surface area contributed by atoms with Crippen molar-refractivity contribution in [1.29, 1.82) is 0 Å². The molecule has 1 aromatic heterocycles. The van der Waals surface area contributed by atoms with Crippen LogP contribution in [0, 0.1) is 0 Å². The summed E-state index contributed by atoms with van der Waals surface area (Å²) in [5.41, 5.74) is 10.0. The second-order valence-corrected chi connectivity index (χ2v) is 6.88. The predicted octanol–water partition coefficient (Wildman–Crippen LogP) is 0.822. The number of aromatic amines is 1. The van der Waals surface area contributed by atoms with Crippen LogP contribution in [0.15, 0.2) is 0 Å². The number of nitrogens with one attached hydrogen (secondary N) is 1. The van der Waals surface area contributed by atoms with Crippen molar-refractivity contribution >= 4 is 9.84 Å². The van der Waals surface area contributed by atoms with Gasteiger partial charge in [-0.3, -0.25) is 0 Å². The van der Waals surface area contributed by atoms with E-state index in [1.807, 2.05) is 0 Å². The maximum Gasteiger partial charge on any atom is 0.160 e. The molecule has 1 aromatic rings. The van der Waals surface area contributed by atoms with Gasteiger partial charge in [0.25, 0.3) is 0 Å². The van der Waals surface area contributed by atoms with E-state index in [2.05, 4.69) is 4.98 Å². The highest BCUT2D eigenvalue weighted by atomic mass is 32.2. The summed E-state index contributed by atoms with van der Waals surface area (Å²) in [5, 5.41) is 0. The summed E-state index contributed by atoms with van der Waals surface area (Å²) in [6.07, 6.45) is 3.25. The van der Waals surface area contributed by atoms with E-state index in [9.17, 15) is 8.42 Å². The van der Waals surface area contributed by atoms with E-state index in [-0.39, 0.29) is 11.5 Å². The van der Waals surface area contributed by atoms with Crippen molar-refractivity contribution in [3.63, 3.8) is 0 Å². The zero-order valence-corrected chi connectivity index (χ0v) is 9.94. The zero-order chi connectivity index (χ0) is 11.3. The molecule has 1 aliphatic carbocycles. The highest BCUT2D eigenvalue weighted by Crippen LogP contribution is 2.44. The van der Waals surface area contributed by atoms with E-state index < -0.39 is 9.84 Å². The molecule has 0 saturated heterocycles. The zero-order valence-electron chi connectivity index (χ0n) is 9.12. The Labute approximate surface area is 95.1 Å². The van der Waals surface area contributed by atoms with Gasteiger partial charge in [0.05, 0.1) is 11.5 Å². The third-order valence-corrected chi connectivity index (χ3v) is 4.90. The number of rotatable bonds is 3. The van der Waals surface area contributed by atoms with Crippen molar-refractivity contribution in [2.45, 2.75) is 36.7 Å². The third-order valence-electron chi connectivity index (χ3n) is 3.45. The maximum atomic E-state index is 11.6. The van der Waals surface area contributed by atoms with Gasteiger partial charge >= 0.3 is 0 Å². The van der Waals surface area contributed by atoms with E-state index in [0.29, 0.717) is 12.5 Å².